The Balaban J connectivity index is 1.53. The third kappa shape index (κ3) is 3.44. The van der Waals surface area contributed by atoms with Crippen LogP contribution in [0.2, 0.25) is 0 Å². The lowest BCUT2D eigenvalue weighted by molar-refractivity contribution is -0.137. The zero-order chi connectivity index (χ0) is 19.0. The van der Waals surface area contributed by atoms with E-state index in [1.54, 1.807) is 4.90 Å². The van der Waals surface area contributed by atoms with Crippen molar-refractivity contribution < 1.29 is 9.59 Å². The second-order valence-corrected chi connectivity index (χ2v) is 7.95. The summed E-state index contributed by atoms with van der Waals surface area (Å²) in [4.78, 5) is 29.5. The molecule has 3 atom stereocenters. The average molecular weight is 365 g/mol. The van der Waals surface area contributed by atoms with Crippen molar-refractivity contribution in [1.29, 1.82) is 0 Å². The lowest BCUT2D eigenvalue weighted by Crippen LogP contribution is -2.47. The maximum atomic E-state index is 13.1. The van der Waals surface area contributed by atoms with Crippen LogP contribution in [0, 0.1) is 11.8 Å². The first kappa shape index (κ1) is 18.0. The first-order valence-electron chi connectivity index (χ1n) is 9.87. The summed E-state index contributed by atoms with van der Waals surface area (Å²) in [5.41, 5.74) is 6.96. The van der Waals surface area contributed by atoms with E-state index in [1.807, 2.05) is 54.3 Å². The fourth-order valence-electron chi connectivity index (χ4n) is 4.45. The smallest absolute Gasteiger partial charge is 0.228 e. The predicted molar refractivity (Wildman–Crippen MR) is 107 cm³/mol. The maximum Gasteiger partial charge on any atom is 0.228 e. The fraction of sp³-hybridized carbons (Fsp3) is 0.455. The molecule has 0 aromatic heterocycles. The molecule has 142 valence electrons. The van der Waals surface area contributed by atoms with Crippen LogP contribution >= 0.6 is 0 Å². The number of fused-ring (bicyclic) bond motifs is 1. The summed E-state index contributed by atoms with van der Waals surface area (Å²) >= 11 is 0. The highest BCUT2D eigenvalue weighted by Crippen LogP contribution is 2.33. The minimum absolute atomic E-state index is 0.0328. The van der Waals surface area contributed by atoms with Crippen LogP contribution in [0.15, 0.2) is 42.5 Å². The van der Waals surface area contributed by atoms with Gasteiger partial charge in [0, 0.05) is 37.5 Å². The van der Waals surface area contributed by atoms with Gasteiger partial charge >= 0.3 is 0 Å². The Hall–Kier alpha value is -2.40. The quantitative estimate of drug-likeness (QED) is 0.909. The number of amides is 2. The third-order valence-corrected chi connectivity index (χ3v) is 6.04. The van der Waals surface area contributed by atoms with E-state index in [0.717, 1.165) is 42.4 Å². The number of anilines is 1. The third-order valence-electron chi connectivity index (χ3n) is 6.04. The van der Waals surface area contributed by atoms with Gasteiger partial charge in [0.2, 0.25) is 11.8 Å². The van der Waals surface area contributed by atoms with Gasteiger partial charge in [-0.25, -0.2) is 0 Å². The van der Waals surface area contributed by atoms with Gasteiger partial charge in [0.05, 0.1) is 11.6 Å². The Kier molecular flexibility index (Phi) is 4.87. The molecule has 0 aliphatic carbocycles. The molecule has 2 heterocycles. The van der Waals surface area contributed by atoms with Crippen LogP contribution in [0.25, 0.3) is 10.8 Å². The summed E-state index contributed by atoms with van der Waals surface area (Å²) in [6, 6.07) is 14.1. The first-order valence-corrected chi connectivity index (χ1v) is 9.87. The van der Waals surface area contributed by atoms with E-state index in [2.05, 4.69) is 0 Å². The molecule has 3 unspecified atom stereocenters. The van der Waals surface area contributed by atoms with E-state index in [4.69, 9.17) is 5.73 Å². The lowest BCUT2D eigenvalue weighted by atomic mass is 9.91. The predicted octanol–water partition coefficient (Wildman–Crippen LogP) is 2.78. The molecule has 2 aliphatic heterocycles. The van der Waals surface area contributed by atoms with Crippen LogP contribution in [0.3, 0.4) is 0 Å². The van der Waals surface area contributed by atoms with Crippen molar-refractivity contribution in [1.82, 2.24) is 4.90 Å². The summed E-state index contributed by atoms with van der Waals surface area (Å²) in [6.45, 7) is 3.97. The molecular formula is C22H27N3O2. The summed E-state index contributed by atoms with van der Waals surface area (Å²) in [7, 11) is 0. The van der Waals surface area contributed by atoms with Gasteiger partial charge in [-0.1, -0.05) is 36.4 Å². The summed E-state index contributed by atoms with van der Waals surface area (Å²) in [6.07, 6.45) is 2.36. The SMILES string of the molecule is CC(N)C1CCCN(C(=O)C2CC(=O)N(c3cccc4ccccc34)C2)C1. The molecule has 2 saturated heterocycles. The van der Waals surface area contributed by atoms with Crippen molar-refractivity contribution in [2.24, 2.45) is 17.6 Å². The molecule has 27 heavy (non-hydrogen) atoms. The number of nitrogens with two attached hydrogens (primary N) is 1. The molecule has 2 N–H and O–H groups in total. The van der Waals surface area contributed by atoms with Gasteiger partial charge in [-0.3, -0.25) is 9.59 Å². The molecule has 0 spiro atoms. The van der Waals surface area contributed by atoms with Gasteiger partial charge in [0.15, 0.2) is 0 Å². The minimum atomic E-state index is -0.261. The number of benzene rings is 2. The number of nitrogens with zero attached hydrogens (tertiary/aromatic N) is 2. The van der Waals surface area contributed by atoms with E-state index in [-0.39, 0.29) is 23.8 Å². The van der Waals surface area contributed by atoms with Crippen LogP contribution < -0.4 is 10.6 Å². The summed E-state index contributed by atoms with van der Waals surface area (Å²) < 4.78 is 0. The maximum absolute atomic E-state index is 13.1. The van der Waals surface area contributed by atoms with Crippen molar-refractivity contribution in [2.45, 2.75) is 32.2 Å². The highest BCUT2D eigenvalue weighted by molar-refractivity contribution is 6.07. The van der Waals surface area contributed by atoms with Crippen LogP contribution in [-0.2, 0) is 9.59 Å². The molecule has 0 radical (unpaired) electrons. The Morgan fingerprint density at radius 2 is 1.93 bits per heavy atom. The number of carbonyl (C=O) groups excluding carboxylic acids is 2. The second kappa shape index (κ2) is 7.31. The van der Waals surface area contributed by atoms with Crippen molar-refractivity contribution >= 4 is 28.3 Å². The van der Waals surface area contributed by atoms with E-state index in [1.165, 1.54) is 0 Å². The van der Waals surface area contributed by atoms with Crippen LogP contribution in [-0.4, -0.2) is 42.4 Å². The largest absolute Gasteiger partial charge is 0.342 e. The molecule has 5 heteroatoms. The van der Waals surface area contributed by atoms with Crippen molar-refractivity contribution in [3.05, 3.63) is 42.5 Å². The van der Waals surface area contributed by atoms with Gasteiger partial charge in [-0.2, -0.15) is 0 Å². The Morgan fingerprint density at radius 1 is 1.15 bits per heavy atom. The first-order chi connectivity index (χ1) is 13.0. The van der Waals surface area contributed by atoms with Crippen molar-refractivity contribution in [3.63, 3.8) is 0 Å². The molecule has 2 amide bonds. The fourth-order valence-corrected chi connectivity index (χ4v) is 4.45. The molecule has 2 aromatic carbocycles. The van der Waals surface area contributed by atoms with Crippen LogP contribution in [0.5, 0.6) is 0 Å². The van der Waals surface area contributed by atoms with Crippen LogP contribution in [0.1, 0.15) is 26.2 Å². The van der Waals surface area contributed by atoms with Crippen molar-refractivity contribution in [2.75, 3.05) is 24.5 Å². The lowest BCUT2D eigenvalue weighted by Gasteiger charge is -2.35. The van der Waals surface area contributed by atoms with Gasteiger partial charge in [0.25, 0.3) is 0 Å². The number of hydrogen-bond acceptors (Lipinski definition) is 3. The Bertz CT molecular complexity index is 858. The van der Waals surface area contributed by atoms with E-state index in [0.29, 0.717) is 18.9 Å². The summed E-state index contributed by atoms with van der Waals surface area (Å²) in [5, 5.41) is 2.16. The van der Waals surface area contributed by atoms with E-state index in [9.17, 15) is 9.59 Å². The van der Waals surface area contributed by atoms with E-state index >= 15 is 0 Å². The zero-order valence-corrected chi connectivity index (χ0v) is 15.8. The molecule has 4 rings (SSSR count). The number of rotatable bonds is 3. The number of carbonyl (C=O) groups is 2. The molecular weight excluding hydrogens is 338 g/mol. The van der Waals surface area contributed by atoms with E-state index < -0.39 is 0 Å². The highest BCUT2D eigenvalue weighted by Gasteiger charge is 2.39. The molecule has 2 aromatic rings. The monoisotopic (exact) mass is 365 g/mol. The normalized spacial score (nSPS) is 24.4. The van der Waals surface area contributed by atoms with Crippen molar-refractivity contribution in [3.8, 4) is 0 Å². The van der Waals surface area contributed by atoms with Gasteiger partial charge in [0.1, 0.15) is 0 Å². The molecule has 0 bridgehead atoms. The Morgan fingerprint density at radius 3 is 2.74 bits per heavy atom. The van der Waals surface area contributed by atoms with Gasteiger partial charge < -0.3 is 15.5 Å². The minimum Gasteiger partial charge on any atom is -0.342 e. The number of likely N-dealkylation sites (tertiary alicyclic amines) is 1. The zero-order valence-electron chi connectivity index (χ0n) is 15.8. The van der Waals surface area contributed by atoms with Gasteiger partial charge in [-0.05, 0) is 37.1 Å². The average Bonchev–Trinajstić information content (AvgIpc) is 3.08. The topological polar surface area (TPSA) is 66.6 Å². The van der Waals surface area contributed by atoms with Crippen LogP contribution in [0.4, 0.5) is 5.69 Å². The molecule has 0 saturated carbocycles. The molecule has 2 fully saturated rings. The summed E-state index contributed by atoms with van der Waals surface area (Å²) in [5.74, 6) is 0.235. The van der Waals surface area contributed by atoms with Gasteiger partial charge in [-0.15, -0.1) is 0 Å². The molecule has 2 aliphatic rings. The highest BCUT2D eigenvalue weighted by atomic mass is 16.2. The standard InChI is InChI=1S/C22H27N3O2/c1-15(23)17-8-5-11-24(13-17)22(27)18-12-21(26)25(14-18)20-10-4-7-16-6-2-3-9-19(16)20/h2-4,6-7,9-10,15,17-18H,5,8,11-14,23H2,1H3. The number of piperidine rings is 1. The number of hydrogen-bond donors (Lipinski definition) is 1. The second-order valence-electron chi connectivity index (χ2n) is 7.95. The Labute approximate surface area is 160 Å². The molecule has 5 nitrogen and oxygen atoms in total.